The summed E-state index contributed by atoms with van der Waals surface area (Å²) in [5.74, 6) is 0. The highest BCUT2D eigenvalue weighted by atomic mass is 79.9. The highest BCUT2D eigenvalue weighted by molar-refractivity contribution is 9.11. The average Bonchev–Trinajstić information content (AvgIpc) is 2.03. The van der Waals surface area contributed by atoms with Crippen molar-refractivity contribution in [2.45, 2.75) is 6.04 Å². The Labute approximate surface area is 87.3 Å². The van der Waals surface area contributed by atoms with Crippen LogP contribution in [-0.2, 0) is 0 Å². The van der Waals surface area contributed by atoms with Gasteiger partial charge in [0.1, 0.15) is 9.21 Å². The number of aromatic nitrogens is 1. The van der Waals surface area contributed by atoms with Crippen LogP contribution >= 0.6 is 31.9 Å². The summed E-state index contributed by atoms with van der Waals surface area (Å²) in [5.41, 5.74) is 6.42. The van der Waals surface area contributed by atoms with Crippen LogP contribution in [-0.4, -0.2) is 16.7 Å². The van der Waals surface area contributed by atoms with Crippen molar-refractivity contribution < 1.29 is 5.11 Å². The lowest BCUT2D eigenvalue weighted by atomic mass is 10.1. The molecule has 1 aromatic rings. The van der Waals surface area contributed by atoms with Crippen LogP contribution in [0.15, 0.2) is 21.3 Å². The van der Waals surface area contributed by atoms with Crippen LogP contribution in [0.25, 0.3) is 0 Å². The maximum Gasteiger partial charge on any atom is 0.112 e. The second kappa shape index (κ2) is 4.32. The van der Waals surface area contributed by atoms with Crippen LogP contribution in [0.4, 0.5) is 0 Å². The smallest absolute Gasteiger partial charge is 0.112 e. The summed E-state index contributed by atoms with van der Waals surface area (Å²) < 4.78 is 1.40. The van der Waals surface area contributed by atoms with Crippen LogP contribution in [0, 0.1) is 0 Å². The highest BCUT2D eigenvalue weighted by Gasteiger charge is 2.09. The molecule has 0 aromatic carbocycles. The lowest BCUT2D eigenvalue weighted by Gasteiger charge is -2.09. The molecule has 0 unspecified atom stereocenters. The SMILES string of the molecule is N[C@@H](CO)c1ccc(Br)nc1Br. The third kappa shape index (κ3) is 2.26. The van der Waals surface area contributed by atoms with Crippen molar-refractivity contribution in [2.75, 3.05) is 6.61 Å². The summed E-state index contributed by atoms with van der Waals surface area (Å²) >= 11 is 6.48. The number of pyridine rings is 1. The Morgan fingerprint density at radius 2 is 2.17 bits per heavy atom. The maximum absolute atomic E-state index is 8.80. The molecule has 5 heteroatoms. The maximum atomic E-state index is 8.80. The normalized spacial score (nSPS) is 13.0. The van der Waals surface area contributed by atoms with Gasteiger partial charge in [-0.05, 0) is 37.9 Å². The lowest BCUT2D eigenvalue weighted by molar-refractivity contribution is 0.267. The Hall–Kier alpha value is 0.0300. The van der Waals surface area contributed by atoms with Gasteiger partial charge >= 0.3 is 0 Å². The quantitative estimate of drug-likeness (QED) is 0.815. The van der Waals surface area contributed by atoms with Crippen LogP contribution in [0.3, 0.4) is 0 Å². The molecule has 0 bridgehead atoms. The molecule has 0 aliphatic rings. The molecular formula is C7H8Br2N2O. The van der Waals surface area contributed by atoms with Gasteiger partial charge in [-0.25, -0.2) is 4.98 Å². The number of hydrogen-bond acceptors (Lipinski definition) is 3. The molecule has 12 heavy (non-hydrogen) atoms. The zero-order valence-corrected chi connectivity index (χ0v) is 9.34. The molecule has 1 rings (SSSR count). The summed E-state index contributed by atoms with van der Waals surface area (Å²) in [7, 11) is 0. The number of aliphatic hydroxyl groups excluding tert-OH is 1. The van der Waals surface area contributed by atoms with Crippen LogP contribution in [0.5, 0.6) is 0 Å². The molecule has 1 heterocycles. The van der Waals surface area contributed by atoms with Crippen molar-refractivity contribution in [1.29, 1.82) is 0 Å². The minimum Gasteiger partial charge on any atom is -0.394 e. The van der Waals surface area contributed by atoms with Crippen LogP contribution in [0.1, 0.15) is 11.6 Å². The lowest BCUT2D eigenvalue weighted by Crippen LogP contribution is -2.15. The first-order valence-electron chi connectivity index (χ1n) is 3.33. The summed E-state index contributed by atoms with van der Waals surface area (Å²) in [6.45, 7) is -0.0814. The van der Waals surface area contributed by atoms with Gasteiger partial charge in [0.15, 0.2) is 0 Å². The molecule has 3 nitrogen and oxygen atoms in total. The molecule has 0 fully saturated rings. The number of nitrogens with two attached hydrogens (primary N) is 1. The topological polar surface area (TPSA) is 59.1 Å². The van der Waals surface area contributed by atoms with E-state index >= 15 is 0 Å². The first-order valence-corrected chi connectivity index (χ1v) is 4.92. The van der Waals surface area contributed by atoms with Gasteiger partial charge in [-0.3, -0.25) is 0 Å². The molecule has 0 radical (unpaired) electrons. The van der Waals surface area contributed by atoms with Crippen molar-refractivity contribution >= 4 is 31.9 Å². The van der Waals surface area contributed by atoms with Crippen LogP contribution in [0.2, 0.25) is 0 Å². The molecule has 1 aromatic heterocycles. The predicted molar refractivity (Wildman–Crippen MR) is 53.7 cm³/mol. The Morgan fingerprint density at radius 1 is 1.50 bits per heavy atom. The van der Waals surface area contributed by atoms with Gasteiger partial charge in [0, 0.05) is 5.56 Å². The van der Waals surface area contributed by atoms with E-state index in [1.165, 1.54) is 0 Å². The van der Waals surface area contributed by atoms with E-state index in [9.17, 15) is 0 Å². The Kier molecular flexibility index (Phi) is 3.64. The number of hydrogen-bond donors (Lipinski definition) is 2. The molecule has 0 saturated heterocycles. The van der Waals surface area contributed by atoms with Gasteiger partial charge < -0.3 is 10.8 Å². The molecule has 0 amide bonds. The third-order valence-corrected chi connectivity index (χ3v) is 2.52. The Balaban J connectivity index is 3.01. The zero-order valence-electron chi connectivity index (χ0n) is 6.17. The van der Waals surface area contributed by atoms with E-state index in [0.717, 1.165) is 10.2 Å². The van der Waals surface area contributed by atoms with E-state index in [1.807, 2.05) is 6.07 Å². The third-order valence-electron chi connectivity index (χ3n) is 1.44. The fourth-order valence-corrected chi connectivity index (χ4v) is 1.96. The molecule has 0 aliphatic heterocycles. The molecule has 1 atom stereocenters. The van der Waals surface area contributed by atoms with Gasteiger partial charge in [0.25, 0.3) is 0 Å². The summed E-state index contributed by atoms with van der Waals surface area (Å²) in [6.07, 6.45) is 0. The Morgan fingerprint density at radius 3 is 2.67 bits per heavy atom. The van der Waals surface area contributed by atoms with Crippen LogP contribution < -0.4 is 5.73 Å². The van der Waals surface area contributed by atoms with E-state index in [-0.39, 0.29) is 12.6 Å². The van der Waals surface area contributed by atoms with E-state index in [2.05, 4.69) is 36.8 Å². The largest absolute Gasteiger partial charge is 0.394 e. The standard InChI is InChI=1S/C7H8Br2N2O/c8-6-2-1-4(5(10)3-12)7(9)11-6/h1-2,5,12H,3,10H2/t5-/m0/s1. The predicted octanol–water partition coefficient (Wildman–Crippen LogP) is 1.60. The van der Waals surface area contributed by atoms with Gasteiger partial charge in [-0.15, -0.1) is 0 Å². The van der Waals surface area contributed by atoms with Crippen molar-refractivity contribution in [2.24, 2.45) is 5.73 Å². The summed E-state index contributed by atoms with van der Waals surface area (Å²) in [4.78, 5) is 4.08. The first kappa shape index (κ1) is 10.1. The molecule has 3 N–H and O–H groups in total. The molecule has 0 saturated carbocycles. The van der Waals surface area contributed by atoms with Crippen molar-refractivity contribution in [3.8, 4) is 0 Å². The molecule has 0 spiro atoms. The number of halogens is 2. The van der Waals surface area contributed by atoms with Crippen molar-refractivity contribution in [1.82, 2.24) is 4.98 Å². The zero-order chi connectivity index (χ0) is 9.14. The van der Waals surface area contributed by atoms with Gasteiger partial charge in [0.2, 0.25) is 0 Å². The molecule has 66 valence electrons. The molecular weight excluding hydrogens is 288 g/mol. The second-order valence-corrected chi connectivity index (χ2v) is 3.87. The minimum absolute atomic E-state index is 0.0814. The van der Waals surface area contributed by atoms with Crippen molar-refractivity contribution in [3.05, 3.63) is 26.9 Å². The minimum atomic E-state index is -0.375. The summed E-state index contributed by atoms with van der Waals surface area (Å²) in [5, 5.41) is 8.80. The van der Waals surface area contributed by atoms with E-state index < -0.39 is 0 Å². The Bertz CT molecular complexity index is 280. The van der Waals surface area contributed by atoms with E-state index in [4.69, 9.17) is 10.8 Å². The van der Waals surface area contributed by atoms with Gasteiger partial charge in [0.05, 0.1) is 12.6 Å². The number of aliphatic hydroxyl groups is 1. The van der Waals surface area contributed by atoms with Gasteiger partial charge in [-0.1, -0.05) is 6.07 Å². The van der Waals surface area contributed by atoms with Crippen molar-refractivity contribution in [3.63, 3.8) is 0 Å². The highest BCUT2D eigenvalue weighted by Crippen LogP contribution is 2.21. The fourth-order valence-electron chi connectivity index (χ4n) is 0.798. The number of nitrogens with zero attached hydrogens (tertiary/aromatic N) is 1. The van der Waals surface area contributed by atoms with Gasteiger partial charge in [-0.2, -0.15) is 0 Å². The van der Waals surface area contributed by atoms with E-state index in [1.54, 1.807) is 6.07 Å². The second-order valence-electron chi connectivity index (χ2n) is 2.30. The first-order chi connectivity index (χ1) is 5.65. The average molecular weight is 296 g/mol. The number of rotatable bonds is 2. The summed E-state index contributed by atoms with van der Waals surface area (Å²) in [6, 6.07) is 3.23. The fraction of sp³-hybridized carbons (Fsp3) is 0.286. The molecule has 0 aliphatic carbocycles. The monoisotopic (exact) mass is 294 g/mol. The van der Waals surface area contributed by atoms with E-state index in [0.29, 0.717) is 4.60 Å².